The second kappa shape index (κ2) is 6.49. The molecule has 0 amide bonds. The van der Waals surface area contributed by atoms with Crippen LogP contribution in [-0.2, 0) is 0 Å². The van der Waals surface area contributed by atoms with Gasteiger partial charge < -0.3 is 5.73 Å². The average molecular weight is 356 g/mol. The van der Waals surface area contributed by atoms with E-state index < -0.39 is 0 Å². The molecule has 0 aliphatic rings. The number of fused-ring (bicyclic) bond motifs is 1. The van der Waals surface area contributed by atoms with Crippen molar-refractivity contribution < 1.29 is 9.59 Å². The zero-order valence-electron chi connectivity index (χ0n) is 14.6. The van der Waals surface area contributed by atoms with Gasteiger partial charge in [0.1, 0.15) is 0 Å². The third-order valence-electron chi connectivity index (χ3n) is 4.45. The molecule has 0 saturated carbocycles. The Bertz CT molecular complexity index is 1160. The second-order valence-electron chi connectivity index (χ2n) is 6.20. The molecule has 2 aromatic heterocycles. The number of pyridine rings is 1. The fourth-order valence-corrected chi connectivity index (χ4v) is 2.99. The third kappa shape index (κ3) is 2.97. The first-order valence-corrected chi connectivity index (χ1v) is 8.39. The number of nitrogens with zero attached hydrogens (tertiary/aromatic N) is 3. The van der Waals surface area contributed by atoms with Gasteiger partial charge in [0.15, 0.2) is 11.6 Å². The number of carbonyl (C=O) groups excluding carboxylic acids is 2. The van der Waals surface area contributed by atoms with Gasteiger partial charge in [0.25, 0.3) is 5.91 Å². The fourth-order valence-electron chi connectivity index (χ4n) is 2.99. The van der Waals surface area contributed by atoms with E-state index in [0.717, 1.165) is 11.1 Å². The van der Waals surface area contributed by atoms with Crippen LogP contribution in [0.2, 0.25) is 0 Å². The van der Waals surface area contributed by atoms with Crippen LogP contribution >= 0.6 is 0 Å². The van der Waals surface area contributed by atoms with E-state index in [1.54, 1.807) is 36.7 Å². The van der Waals surface area contributed by atoms with Crippen LogP contribution in [0.15, 0.2) is 67.0 Å². The molecule has 0 fully saturated rings. The van der Waals surface area contributed by atoms with Gasteiger partial charge in [-0.15, -0.1) is 5.10 Å². The standard InChI is InChI=1S/C21H16N4O2/c1-13(26)14-2-4-16(5-3-14)21(27)25-19-7-6-17(12-18(19)20(22)24-25)15-8-10-23-11-9-15/h2-12H,1H3,(H2,22,24). The minimum Gasteiger partial charge on any atom is -0.382 e. The summed E-state index contributed by atoms with van der Waals surface area (Å²) >= 11 is 0. The Labute approximate surface area is 155 Å². The lowest BCUT2D eigenvalue weighted by molar-refractivity contribution is 0.0948. The van der Waals surface area contributed by atoms with Gasteiger partial charge in [-0.2, -0.15) is 4.68 Å². The third-order valence-corrected chi connectivity index (χ3v) is 4.45. The van der Waals surface area contributed by atoms with E-state index in [1.807, 2.05) is 30.3 Å². The molecule has 27 heavy (non-hydrogen) atoms. The molecule has 2 N–H and O–H groups in total. The van der Waals surface area contributed by atoms with E-state index in [2.05, 4.69) is 10.1 Å². The highest BCUT2D eigenvalue weighted by Gasteiger charge is 2.17. The molecule has 4 rings (SSSR count). The number of ketones is 1. The van der Waals surface area contributed by atoms with Gasteiger partial charge in [-0.25, -0.2) is 0 Å². The quantitative estimate of drug-likeness (QED) is 0.567. The van der Waals surface area contributed by atoms with Crippen LogP contribution in [0, 0.1) is 0 Å². The molecule has 0 atom stereocenters. The predicted molar refractivity (Wildman–Crippen MR) is 104 cm³/mol. The number of rotatable bonds is 3. The van der Waals surface area contributed by atoms with Gasteiger partial charge in [-0.05, 0) is 54.4 Å². The maximum absolute atomic E-state index is 12.9. The lowest BCUT2D eigenvalue weighted by Gasteiger charge is -2.05. The van der Waals surface area contributed by atoms with Crippen molar-refractivity contribution in [3.8, 4) is 11.1 Å². The van der Waals surface area contributed by atoms with Gasteiger partial charge in [0.2, 0.25) is 0 Å². The lowest BCUT2D eigenvalue weighted by atomic mass is 10.0. The van der Waals surface area contributed by atoms with Gasteiger partial charge in [0, 0.05) is 28.9 Å². The molecule has 2 aromatic carbocycles. The summed E-state index contributed by atoms with van der Waals surface area (Å²) in [6.07, 6.45) is 3.45. The molecule has 0 bridgehead atoms. The monoisotopic (exact) mass is 356 g/mol. The Morgan fingerprint density at radius 1 is 0.889 bits per heavy atom. The molecule has 6 heteroatoms. The predicted octanol–water partition coefficient (Wildman–Crippen LogP) is 3.57. The minimum absolute atomic E-state index is 0.0496. The number of nitrogen functional groups attached to an aromatic ring is 1. The van der Waals surface area contributed by atoms with Gasteiger partial charge >= 0.3 is 0 Å². The highest BCUT2D eigenvalue weighted by Crippen LogP contribution is 2.28. The molecule has 2 heterocycles. The topological polar surface area (TPSA) is 90.9 Å². The largest absolute Gasteiger partial charge is 0.382 e. The summed E-state index contributed by atoms with van der Waals surface area (Å²) in [6, 6.07) is 16.0. The summed E-state index contributed by atoms with van der Waals surface area (Å²) in [5.74, 6) is -0.0653. The molecule has 132 valence electrons. The van der Waals surface area contributed by atoms with Crippen molar-refractivity contribution >= 4 is 28.4 Å². The molecule has 0 aliphatic heterocycles. The highest BCUT2D eigenvalue weighted by molar-refractivity contribution is 6.05. The van der Waals surface area contributed by atoms with Crippen LogP contribution in [-0.4, -0.2) is 26.5 Å². The maximum atomic E-state index is 12.9. The van der Waals surface area contributed by atoms with Crippen LogP contribution in [0.1, 0.15) is 27.6 Å². The van der Waals surface area contributed by atoms with Crippen LogP contribution < -0.4 is 5.73 Å². The van der Waals surface area contributed by atoms with E-state index in [4.69, 9.17) is 5.73 Å². The molecule has 0 spiro atoms. The Kier molecular flexibility index (Phi) is 4.01. The summed E-state index contributed by atoms with van der Waals surface area (Å²) in [6.45, 7) is 1.49. The van der Waals surface area contributed by atoms with Crippen LogP contribution in [0.3, 0.4) is 0 Å². The van der Waals surface area contributed by atoms with Crippen molar-refractivity contribution in [2.24, 2.45) is 0 Å². The fraction of sp³-hybridized carbons (Fsp3) is 0.0476. The highest BCUT2D eigenvalue weighted by atomic mass is 16.2. The minimum atomic E-state index is -0.302. The number of carbonyl (C=O) groups is 2. The van der Waals surface area contributed by atoms with Crippen LogP contribution in [0.5, 0.6) is 0 Å². The van der Waals surface area contributed by atoms with E-state index in [9.17, 15) is 9.59 Å². The smallest absolute Gasteiger partial charge is 0.278 e. The van der Waals surface area contributed by atoms with E-state index in [0.29, 0.717) is 22.0 Å². The summed E-state index contributed by atoms with van der Waals surface area (Å²) in [4.78, 5) is 28.3. The molecular formula is C21H16N4O2. The summed E-state index contributed by atoms with van der Waals surface area (Å²) in [5, 5.41) is 4.93. The lowest BCUT2D eigenvalue weighted by Crippen LogP contribution is -2.14. The molecule has 4 aromatic rings. The summed E-state index contributed by atoms with van der Waals surface area (Å²) in [5.41, 5.74) is 9.65. The first-order chi connectivity index (χ1) is 13.0. The van der Waals surface area contributed by atoms with Gasteiger partial charge in [0.05, 0.1) is 5.52 Å². The van der Waals surface area contributed by atoms with Crippen LogP contribution in [0.4, 0.5) is 5.82 Å². The number of nitrogens with two attached hydrogens (primary N) is 1. The number of hydrogen-bond acceptors (Lipinski definition) is 5. The normalized spacial score (nSPS) is 10.9. The number of aromatic nitrogens is 3. The van der Waals surface area contributed by atoms with Crippen molar-refractivity contribution in [2.75, 3.05) is 5.73 Å². The van der Waals surface area contributed by atoms with Crippen molar-refractivity contribution in [2.45, 2.75) is 6.92 Å². The first kappa shape index (κ1) is 16.7. The zero-order chi connectivity index (χ0) is 19.0. The number of hydrogen-bond donors (Lipinski definition) is 1. The maximum Gasteiger partial charge on any atom is 0.278 e. The van der Waals surface area contributed by atoms with Crippen molar-refractivity contribution in [1.82, 2.24) is 14.8 Å². The number of anilines is 1. The molecule has 6 nitrogen and oxygen atoms in total. The molecule has 0 aliphatic carbocycles. The van der Waals surface area contributed by atoms with Crippen molar-refractivity contribution in [3.63, 3.8) is 0 Å². The van der Waals surface area contributed by atoms with Crippen molar-refractivity contribution in [3.05, 3.63) is 78.1 Å². The zero-order valence-corrected chi connectivity index (χ0v) is 14.6. The van der Waals surface area contributed by atoms with E-state index in [-0.39, 0.29) is 17.5 Å². The van der Waals surface area contributed by atoms with E-state index in [1.165, 1.54) is 11.6 Å². The number of Topliss-reactive ketones (excluding diaryl/α,β-unsaturated/α-hetero) is 1. The SMILES string of the molecule is CC(=O)c1ccc(C(=O)n2nc(N)c3cc(-c4ccncc4)ccc32)cc1. The molecule has 0 unspecified atom stereocenters. The Morgan fingerprint density at radius 2 is 1.56 bits per heavy atom. The van der Waals surface area contributed by atoms with Gasteiger partial charge in [-0.3, -0.25) is 14.6 Å². The Morgan fingerprint density at radius 3 is 2.22 bits per heavy atom. The number of benzene rings is 2. The van der Waals surface area contributed by atoms with Crippen molar-refractivity contribution in [1.29, 1.82) is 0 Å². The molecular weight excluding hydrogens is 340 g/mol. The Balaban J connectivity index is 1.76. The van der Waals surface area contributed by atoms with Gasteiger partial charge in [-0.1, -0.05) is 18.2 Å². The molecule has 0 saturated heterocycles. The summed E-state index contributed by atoms with van der Waals surface area (Å²) in [7, 11) is 0. The van der Waals surface area contributed by atoms with E-state index >= 15 is 0 Å². The first-order valence-electron chi connectivity index (χ1n) is 8.39. The molecule has 0 radical (unpaired) electrons. The van der Waals surface area contributed by atoms with Crippen LogP contribution in [0.25, 0.3) is 22.0 Å². The second-order valence-corrected chi connectivity index (χ2v) is 6.20. The Hall–Kier alpha value is -3.80. The summed E-state index contributed by atoms with van der Waals surface area (Å²) < 4.78 is 1.30. The average Bonchev–Trinajstić information content (AvgIpc) is 3.04.